The number of rotatable bonds is 4. The molecule has 17 heavy (non-hydrogen) atoms. The van der Waals surface area contributed by atoms with Gasteiger partial charge in [-0.1, -0.05) is 5.57 Å². The van der Waals surface area contributed by atoms with Crippen LogP contribution in [0.4, 0.5) is 0 Å². The second-order valence-electron chi connectivity index (χ2n) is 3.96. The van der Waals surface area contributed by atoms with Crippen LogP contribution < -0.4 is 4.74 Å². The Kier molecular flexibility index (Phi) is 4.60. The lowest BCUT2D eigenvalue weighted by Gasteiger charge is -2.08. The van der Waals surface area contributed by atoms with Gasteiger partial charge in [-0.2, -0.15) is 0 Å². The summed E-state index contributed by atoms with van der Waals surface area (Å²) >= 11 is 0. The van der Waals surface area contributed by atoms with Crippen LogP contribution in [-0.2, 0) is 9.05 Å². The molecule has 0 heterocycles. The van der Waals surface area contributed by atoms with Crippen LogP contribution in [-0.4, -0.2) is 15.0 Å². The maximum Gasteiger partial charge on any atom is 0.261 e. The molecule has 0 aliphatic carbocycles. The van der Waals surface area contributed by atoms with Crippen LogP contribution in [0, 0.1) is 6.92 Å². The molecule has 0 atom stereocenters. The van der Waals surface area contributed by atoms with E-state index in [0.717, 1.165) is 5.56 Å². The van der Waals surface area contributed by atoms with Crippen LogP contribution in [0.3, 0.4) is 0 Å². The minimum Gasteiger partial charge on any atom is -0.489 e. The minimum atomic E-state index is -3.67. The van der Waals surface area contributed by atoms with Gasteiger partial charge in [-0.05, 0) is 50.6 Å². The standard InChI is InChI=1S/C12H15ClO3S/c1-9(2)6-7-16-12-5-4-11(8-10(12)3)17(13,14)15/h4-6,8H,7H2,1-3H3. The number of allylic oxidation sites excluding steroid dienone is 1. The zero-order valence-corrected chi connectivity index (χ0v) is 11.6. The molecule has 3 nitrogen and oxygen atoms in total. The fraction of sp³-hybridized carbons (Fsp3) is 0.333. The Hall–Kier alpha value is -1.00. The Morgan fingerprint density at radius 3 is 2.53 bits per heavy atom. The van der Waals surface area contributed by atoms with E-state index in [1.807, 2.05) is 19.9 Å². The van der Waals surface area contributed by atoms with Crippen molar-refractivity contribution >= 4 is 19.7 Å². The summed E-state index contributed by atoms with van der Waals surface area (Å²) < 4.78 is 27.7. The average molecular weight is 275 g/mol. The quantitative estimate of drug-likeness (QED) is 0.625. The van der Waals surface area contributed by atoms with Crippen LogP contribution in [0.5, 0.6) is 5.75 Å². The Morgan fingerprint density at radius 1 is 1.41 bits per heavy atom. The van der Waals surface area contributed by atoms with E-state index < -0.39 is 9.05 Å². The molecule has 0 aliphatic rings. The predicted molar refractivity (Wildman–Crippen MR) is 69.1 cm³/mol. The second-order valence-corrected chi connectivity index (χ2v) is 6.52. The van der Waals surface area contributed by atoms with E-state index >= 15 is 0 Å². The lowest BCUT2D eigenvalue weighted by molar-refractivity contribution is 0.359. The molecule has 0 radical (unpaired) electrons. The average Bonchev–Trinajstić information content (AvgIpc) is 2.18. The van der Waals surface area contributed by atoms with Crippen molar-refractivity contribution in [1.29, 1.82) is 0 Å². The van der Waals surface area contributed by atoms with Gasteiger partial charge in [0.2, 0.25) is 0 Å². The molecule has 94 valence electrons. The molecule has 5 heteroatoms. The fourth-order valence-electron chi connectivity index (χ4n) is 1.23. The van der Waals surface area contributed by atoms with E-state index in [9.17, 15) is 8.42 Å². The van der Waals surface area contributed by atoms with Crippen molar-refractivity contribution in [3.05, 3.63) is 35.4 Å². The first-order chi connectivity index (χ1) is 7.80. The van der Waals surface area contributed by atoms with Crippen molar-refractivity contribution in [3.63, 3.8) is 0 Å². The summed E-state index contributed by atoms with van der Waals surface area (Å²) in [6, 6.07) is 4.55. The third-order valence-electron chi connectivity index (χ3n) is 2.16. The van der Waals surface area contributed by atoms with E-state index in [-0.39, 0.29) is 4.90 Å². The van der Waals surface area contributed by atoms with E-state index in [2.05, 4.69) is 0 Å². The summed E-state index contributed by atoms with van der Waals surface area (Å²) in [4.78, 5) is 0.0891. The topological polar surface area (TPSA) is 43.4 Å². The summed E-state index contributed by atoms with van der Waals surface area (Å²) in [6.07, 6.45) is 1.95. The molecule has 1 rings (SSSR count). The van der Waals surface area contributed by atoms with Gasteiger partial charge in [-0.25, -0.2) is 8.42 Å². The Bertz CT molecular complexity index is 529. The maximum absolute atomic E-state index is 11.1. The molecular weight excluding hydrogens is 260 g/mol. The van der Waals surface area contributed by atoms with Gasteiger partial charge in [0.1, 0.15) is 12.4 Å². The molecule has 0 bridgehead atoms. The van der Waals surface area contributed by atoms with Gasteiger partial charge in [0.15, 0.2) is 0 Å². The Labute approximate surface area is 106 Å². The first kappa shape index (κ1) is 14.1. The zero-order chi connectivity index (χ0) is 13.1. The number of hydrogen-bond donors (Lipinski definition) is 0. The van der Waals surface area contributed by atoms with Gasteiger partial charge in [-0.3, -0.25) is 0 Å². The lowest BCUT2D eigenvalue weighted by Crippen LogP contribution is -1.98. The summed E-state index contributed by atoms with van der Waals surface area (Å²) in [5, 5.41) is 0. The van der Waals surface area contributed by atoms with E-state index in [1.54, 1.807) is 13.0 Å². The van der Waals surface area contributed by atoms with E-state index in [0.29, 0.717) is 12.4 Å². The molecule has 0 aliphatic heterocycles. The van der Waals surface area contributed by atoms with Gasteiger partial charge >= 0.3 is 0 Å². The van der Waals surface area contributed by atoms with Crippen LogP contribution in [0.25, 0.3) is 0 Å². The van der Waals surface area contributed by atoms with Crippen LogP contribution in [0.15, 0.2) is 34.7 Å². The highest BCUT2D eigenvalue weighted by atomic mass is 35.7. The van der Waals surface area contributed by atoms with Crippen LogP contribution in [0.2, 0.25) is 0 Å². The smallest absolute Gasteiger partial charge is 0.261 e. The third kappa shape index (κ3) is 4.40. The summed E-state index contributed by atoms with van der Waals surface area (Å²) in [7, 11) is 1.58. The number of aryl methyl sites for hydroxylation is 1. The normalized spacial score (nSPS) is 11.1. The number of benzene rings is 1. The molecule has 0 fully saturated rings. The molecule has 0 amide bonds. The lowest BCUT2D eigenvalue weighted by atomic mass is 10.2. The molecular formula is C12H15ClO3S. The molecule has 0 saturated heterocycles. The molecule has 1 aromatic rings. The molecule has 0 N–H and O–H groups in total. The summed E-state index contributed by atoms with van der Waals surface area (Å²) in [6.45, 7) is 6.22. The van der Waals surface area contributed by atoms with Gasteiger partial charge in [0, 0.05) is 10.7 Å². The summed E-state index contributed by atoms with van der Waals surface area (Å²) in [5.41, 5.74) is 1.91. The van der Waals surface area contributed by atoms with Gasteiger partial charge in [0.05, 0.1) is 4.90 Å². The zero-order valence-electron chi connectivity index (χ0n) is 10.0. The first-order valence-corrected chi connectivity index (χ1v) is 7.43. The number of hydrogen-bond acceptors (Lipinski definition) is 3. The van der Waals surface area contributed by atoms with Crippen LogP contribution in [0.1, 0.15) is 19.4 Å². The fourth-order valence-corrected chi connectivity index (χ4v) is 2.07. The van der Waals surface area contributed by atoms with Gasteiger partial charge in [-0.15, -0.1) is 0 Å². The highest BCUT2D eigenvalue weighted by molar-refractivity contribution is 8.13. The molecule has 0 spiro atoms. The Balaban J connectivity index is 2.88. The first-order valence-electron chi connectivity index (χ1n) is 5.12. The highest BCUT2D eigenvalue weighted by Crippen LogP contribution is 2.23. The predicted octanol–water partition coefficient (Wildman–Crippen LogP) is 3.27. The maximum atomic E-state index is 11.1. The number of ether oxygens (including phenoxy) is 1. The summed E-state index contributed by atoms with van der Waals surface area (Å²) in [5.74, 6) is 0.659. The SMILES string of the molecule is CC(C)=CCOc1ccc(S(=O)(=O)Cl)cc1C. The van der Waals surface area contributed by atoms with Crippen molar-refractivity contribution in [1.82, 2.24) is 0 Å². The van der Waals surface area contributed by atoms with Crippen molar-refractivity contribution in [2.45, 2.75) is 25.7 Å². The van der Waals surface area contributed by atoms with Gasteiger partial charge < -0.3 is 4.74 Å². The molecule has 0 saturated carbocycles. The largest absolute Gasteiger partial charge is 0.489 e. The third-order valence-corrected chi connectivity index (χ3v) is 3.51. The van der Waals surface area contributed by atoms with Crippen LogP contribution >= 0.6 is 10.7 Å². The Morgan fingerprint density at radius 2 is 2.06 bits per heavy atom. The second kappa shape index (κ2) is 5.56. The molecule has 0 unspecified atom stereocenters. The van der Waals surface area contributed by atoms with E-state index in [1.165, 1.54) is 17.7 Å². The van der Waals surface area contributed by atoms with Crippen molar-refractivity contribution in [2.75, 3.05) is 6.61 Å². The van der Waals surface area contributed by atoms with Crippen molar-refractivity contribution in [3.8, 4) is 5.75 Å². The number of halogens is 1. The van der Waals surface area contributed by atoms with Crippen molar-refractivity contribution < 1.29 is 13.2 Å². The van der Waals surface area contributed by atoms with Gasteiger partial charge in [0.25, 0.3) is 9.05 Å². The molecule has 0 aromatic heterocycles. The van der Waals surface area contributed by atoms with Crippen molar-refractivity contribution in [2.24, 2.45) is 0 Å². The highest BCUT2D eigenvalue weighted by Gasteiger charge is 2.11. The van der Waals surface area contributed by atoms with E-state index in [4.69, 9.17) is 15.4 Å². The molecule has 1 aromatic carbocycles. The monoisotopic (exact) mass is 274 g/mol. The minimum absolute atomic E-state index is 0.0891.